The Hall–Kier alpha value is -1.49. The van der Waals surface area contributed by atoms with E-state index in [0.717, 1.165) is 10.9 Å². The Morgan fingerprint density at radius 1 is 1.40 bits per heavy atom. The van der Waals surface area contributed by atoms with Crippen molar-refractivity contribution < 1.29 is 4.92 Å². The maximum absolute atomic E-state index is 10.8. The lowest BCUT2D eigenvalue weighted by atomic mass is 10.1. The highest BCUT2D eigenvalue weighted by Gasteiger charge is 2.16. The van der Waals surface area contributed by atoms with Crippen molar-refractivity contribution in [2.24, 2.45) is 0 Å². The summed E-state index contributed by atoms with van der Waals surface area (Å²) in [7, 11) is 0. The van der Waals surface area contributed by atoms with E-state index in [9.17, 15) is 10.1 Å². The molecule has 0 aliphatic rings. The fourth-order valence-electron chi connectivity index (χ4n) is 1.49. The van der Waals surface area contributed by atoms with Crippen LogP contribution >= 0.6 is 15.9 Å². The Kier molecular flexibility index (Phi) is 2.64. The minimum Gasteiger partial charge on any atom is -0.258 e. The van der Waals surface area contributed by atoms with Crippen molar-refractivity contribution in [1.29, 1.82) is 0 Å². The number of rotatable bonds is 2. The Bertz CT molecular complexity index is 528. The van der Waals surface area contributed by atoms with Crippen LogP contribution in [0.1, 0.15) is 5.56 Å². The van der Waals surface area contributed by atoms with Gasteiger partial charge in [0.2, 0.25) is 0 Å². The first-order chi connectivity index (χ1) is 7.24. The summed E-state index contributed by atoms with van der Waals surface area (Å²) < 4.78 is 0. The first-order valence-corrected chi connectivity index (χ1v) is 5.43. The monoisotopic (exact) mass is 266 g/mol. The average molecular weight is 267 g/mol. The molecular weight excluding hydrogens is 260 g/mol. The molecule has 0 N–H and O–H groups in total. The molecule has 5 heteroatoms. The molecule has 76 valence electrons. The van der Waals surface area contributed by atoms with Crippen LogP contribution in [0.2, 0.25) is 0 Å². The van der Waals surface area contributed by atoms with E-state index in [1.165, 1.54) is 6.20 Å². The number of nitrogens with zero attached hydrogens (tertiary/aromatic N) is 2. The number of fused-ring (bicyclic) bond motifs is 1. The van der Waals surface area contributed by atoms with E-state index in [-0.39, 0.29) is 5.69 Å². The molecule has 1 aromatic carbocycles. The highest BCUT2D eigenvalue weighted by Crippen LogP contribution is 2.27. The molecule has 0 spiro atoms. The minimum atomic E-state index is -0.407. The van der Waals surface area contributed by atoms with Gasteiger partial charge < -0.3 is 0 Å². The second kappa shape index (κ2) is 3.94. The summed E-state index contributed by atoms with van der Waals surface area (Å²) in [5, 5.41) is 12.0. The van der Waals surface area contributed by atoms with E-state index in [4.69, 9.17) is 0 Å². The summed E-state index contributed by atoms with van der Waals surface area (Å²) in [5.41, 5.74) is 1.51. The van der Waals surface area contributed by atoms with E-state index in [1.807, 2.05) is 24.3 Å². The van der Waals surface area contributed by atoms with Gasteiger partial charge in [-0.25, -0.2) is 4.98 Å². The third-order valence-electron chi connectivity index (χ3n) is 2.19. The van der Waals surface area contributed by atoms with Crippen molar-refractivity contribution in [3.8, 4) is 0 Å². The zero-order valence-electron chi connectivity index (χ0n) is 7.68. The first kappa shape index (κ1) is 10.0. The molecule has 0 bridgehead atoms. The molecule has 0 aliphatic heterocycles. The quantitative estimate of drug-likeness (QED) is 0.477. The summed E-state index contributed by atoms with van der Waals surface area (Å²) >= 11 is 3.27. The zero-order valence-corrected chi connectivity index (χ0v) is 9.27. The average Bonchev–Trinajstić information content (AvgIpc) is 2.27. The summed E-state index contributed by atoms with van der Waals surface area (Å²) in [4.78, 5) is 14.4. The maximum Gasteiger partial charge on any atom is 0.292 e. The van der Waals surface area contributed by atoms with Crippen LogP contribution in [0.5, 0.6) is 0 Å². The summed E-state index contributed by atoms with van der Waals surface area (Å²) in [6.45, 7) is 0. The van der Waals surface area contributed by atoms with Crippen molar-refractivity contribution in [3.63, 3.8) is 0 Å². The highest BCUT2D eigenvalue weighted by molar-refractivity contribution is 9.08. The van der Waals surface area contributed by atoms with Gasteiger partial charge >= 0.3 is 0 Å². The predicted octanol–water partition coefficient (Wildman–Crippen LogP) is 3.04. The van der Waals surface area contributed by atoms with Crippen LogP contribution in [-0.4, -0.2) is 9.91 Å². The minimum absolute atomic E-state index is 0.0607. The second-order valence-electron chi connectivity index (χ2n) is 3.03. The van der Waals surface area contributed by atoms with Crippen molar-refractivity contribution >= 4 is 32.5 Å². The van der Waals surface area contributed by atoms with Crippen LogP contribution in [0.25, 0.3) is 10.9 Å². The van der Waals surface area contributed by atoms with Gasteiger partial charge in [-0.1, -0.05) is 34.1 Å². The normalized spacial score (nSPS) is 10.5. The molecule has 0 amide bonds. The van der Waals surface area contributed by atoms with Gasteiger partial charge in [0.05, 0.1) is 16.0 Å². The molecule has 0 fully saturated rings. The molecule has 0 saturated carbocycles. The number of nitro groups is 1. The molecule has 1 heterocycles. The van der Waals surface area contributed by atoms with Crippen LogP contribution in [-0.2, 0) is 5.33 Å². The number of halogens is 1. The number of hydrogen-bond acceptors (Lipinski definition) is 3. The Labute approximate surface area is 94.2 Å². The lowest BCUT2D eigenvalue weighted by Crippen LogP contribution is -1.96. The smallest absolute Gasteiger partial charge is 0.258 e. The molecule has 0 radical (unpaired) electrons. The SMILES string of the molecule is O=[N+]([O-])c1cnc2ccccc2c1CBr. The molecule has 15 heavy (non-hydrogen) atoms. The first-order valence-electron chi connectivity index (χ1n) is 4.31. The number of para-hydroxylation sites is 1. The highest BCUT2D eigenvalue weighted by atomic mass is 79.9. The molecule has 2 aromatic rings. The molecular formula is C10H7BrN2O2. The number of benzene rings is 1. The molecule has 2 rings (SSSR count). The maximum atomic E-state index is 10.8. The van der Waals surface area contributed by atoms with E-state index in [0.29, 0.717) is 10.9 Å². The van der Waals surface area contributed by atoms with Crippen molar-refractivity contribution in [2.75, 3.05) is 0 Å². The van der Waals surface area contributed by atoms with Crippen LogP contribution in [0.15, 0.2) is 30.5 Å². The zero-order chi connectivity index (χ0) is 10.8. The van der Waals surface area contributed by atoms with E-state index in [1.54, 1.807) is 0 Å². The topological polar surface area (TPSA) is 56.0 Å². The lowest BCUT2D eigenvalue weighted by molar-refractivity contribution is -0.385. The Morgan fingerprint density at radius 3 is 2.80 bits per heavy atom. The van der Waals surface area contributed by atoms with E-state index in [2.05, 4.69) is 20.9 Å². The molecule has 0 aliphatic carbocycles. The molecule has 0 saturated heterocycles. The molecule has 1 aromatic heterocycles. The fraction of sp³-hybridized carbons (Fsp3) is 0.100. The van der Waals surface area contributed by atoms with Crippen molar-refractivity contribution in [1.82, 2.24) is 4.98 Å². The van der Waals surface area contributed by atoms with Gasteiger partial charge in [-0.2, -0.15) is 0 Å². The molecule has 0 unspecified atom stereocenters. The van der Waals surface area contributed by atoms with Gasteiger partial charge in [0.1, 0.15) is 6.20 Å². The van der Waals surface area contributed by atoms with Crippen LogP contribution in [0.3, 0.4) is 0 Å². The number of pyridine rings is 1. The van der Waals surface area contributed by atoms with Gasteiger partial charge in [0, 0.05) is 10.7 Å². The summed E-state index contributed by atoms with van der Waals surface area (Å²) in [6, 6.07) is 7.39. The summed E-state index contributed by atoms with van der Waals surface area (Å²) in [6.07, 6.45) is 1.30. The number of alkyl halides is 1. The second-order valence-corrected chi connectivity index (χ2v) is 3.59. The number of aromatic nitrogens is 1. The van der Waals surface area contributed by atoms with Crippen LogP contribution in [0, 0.1) is 10.1 Å². The summed E-state index contributed by atoms with van der Waals surface area (Å²) in [5.74, 6) is 0. The van der Waals surface area contributed by atoms with Gasteiger partial charge in [0.15, 0.2) is 0 Å². The largest absolute Gasteiger partial charge is 0.292 e. The molecule has 4 nitrogen and oxygen atoms in total. The molecule has 0 atom stereocenters. The van der Waals surface area contributed by atoms with E-state index >= 15 is 0 Å². The van der Waals surface area contributed by atoms with Gasteiger partial charge in [-0.3, -0.25) is 10.1 Å². The van der Waals surface area contributed by atoms with Crippen molar-refractivity contribution in [3.05, 3.63) is 46.1 Å². The Morgan fingerprint density at radius 2 is 2.13 bits per heavy atom. The van der Waals surface area contributed by atoms with Crippen LogP contribution < -0.4 is 0 Å². The van der Waals surface area contributed by atoms with Gasteiger partial charge in [-0.15, -0.1) is 0 Å². The predicted molar refractivity (Wildman–Crippen MR) is 61.0 cm³/mol. The third-order valence-corrected chi connectivity index (χ3v) is 2.76. The number of hydrogen-bond donors (Lipinski definition) is 0. The van der Waals surface area contributed by atoms with Crippen LogP contribution in [0.4, 0.5) is 5.69 Å². The fourth-order valence-corrected chi connectivity index (χ4v) is 2.08. The van der Waals surface area contributed by atoms with E-state index < -0.39 is 4.92 Å². The standard InChI is InChI=1S/C10H7BrN2O2/c11-5-8-7-3-1-2-4-9(7)12-6-10(8)13(14)15/h1-4,6H,5H2. The lowest BCUT2D eigenvalue weighted by Gasteiger charge is -2.03. The third kappa shape index (κ3) is 1.70. The van der Waals surface area contributed by atoms with Crippen molar-refractivity contribution in [2.45, 2.75) is 5.33 Å². The van der Waals surface area contributed by atoms with Gasteiger partial charge in [0.25, 0.3) is 5.69 Å². The Balaban J connectivity index is 2.81. The van der Waals surface area contributed by atoms with Gasteiger partial charge in [-0.05, 0) is 6.07 Å².